The molecule has 0 radical (unpaired) electrons. The monoisotopic (exact) mass is 296 g/mol. The van der Waals surface area contributed by atoms with E-state index >= 15 is 0 Å². The van der Waals surface area contributed by atoms with Crippen molar-refractivity contribution in [2.24, 2.45) is 0 Å². The summed E-state index contributed by atoms with van der Waals surface area (Å²) in [6.45, 7) is 0. The van der Waals surface area contributed by atoms with Gasteiger partial charge in [-0.25, -0.2) is 13.2 Å². The Bertz CT molecular complexity index is 735. The van der Waals surface area contributed by atoms with Crippen LogP contribution in [0.4, 0.5) is 24.5 Å². The maximum absolute atomic E-state index is 13.1. The predicted octanol–water partition coefficient (Wildman–Crippen LogP) is 3.26. The molecule has 0 aliphatic rings. The Morgan fingerprint density at radius 2 is 1.76 bits per heavy atom. The van der Waals surface area contributed by atoms with Crippen molar-refractivity contribution >= 4 is 17.3 Å². The quantitative estimate of drug-likeness (QED) is 0.698. The minimum absolute atomic E-state index is 0.0269. The van der Waals surface area contributed by atoms with E-state index in [9.17, 15) is 28.1 Å². The maximum Gasteiger partial charge on any atom is 0.285 e. The molecular formula is C13H7F3N2O3. The van der Waals surface area contributed by atoms with Gasteiger partial charge in [0, 0.05) is 5.69 Å². The molecule has 0 atom stereocenters. The van der Waals surface area contributed by atoms with E-state index in [1.54, 1.807) is 0 Å². The first-order valence-electron chi connectivity index (χ1n) is 5.59. The number of anilines is 1. The van der Waals surface area contributed by atoms with E-state index in [4.69, 9.17) is 0 Å². The van der Waals surface area contributed by atoms with Crippen LogP contribution < -0.4 is 5.32 Å². The Hall–Kier alpha value is -2.90. The van der Waals surface area contributed by atoms with E-state index in [0.717, 1.165) is 12.1 Å². The van der Waals surface area contributed by atoms with Gasteiger partial charge in [-0.15, -0.1) is 0 Å². The largest absolute Gasteiger partial charge is 0.322 e. The molecule has 108 valence electrons. The molecule has 2 rings (SSSR count). The Morgan fingerprint density at radius 1 is 1.10 bits per heavy atom. The molecule has 2 aromatic carbocycles. The molecular weight excluding hydrogens is 289 g/mol. The van der Waals surface area contributed by atoms with Crippen molar-refractivity contribution in [1.82, 2.24) is 0 Å². The van der Waals surface area contributed by atoms with Gasteiger partial charge in [0.2, 0.25) is 0 Å². The zero-order valence-electron chi connectivity index (χ0n) is 10.3. The van der Waals surface area contributed by atoms with Gasteiger partial charge in [-0.1, -0.05) is 6.07 Å². The summed E-state index contributed by atoms with van der Waals surface area (Å²) < 4.78 is 39.1. The molecule has 21 heavy (non-hydrogen) atoms. The minimum Gasteiger partial charge on any atom is -0.322 e. The topological polar surface area (TPSA) is 72.2 Å². The van der Waals surface area contributed by atoms with E-state index in [2.05, 4.69) is 5.32 Å². The van der Waals surface area contributed by atoms with Crippen LogP contribution in [0.1, 0.15) is 10.4 Å². The fourth-order valence-electron chi connectivity index (χ4n) is 1.63. The molecule has 0 unspecified atom stereocenters. The lowest BCUT2D eigenvalue weighted by molar-refractivity contribution is -0.385. The molecule has 0 spiro atoms. The minimum atomic E-state index is -1.44. The van der Waals surface area contributed by atoms with Crippen molar-refractivity contribution in [1.29, 1.82) is 0 Å². The Labute approximate surface area is 116 Å². The Balaban J connectivity index is 2.39. The van der Waals surface area contributed by atoms with Gasteiger partial charge in [-0.2, -0.15) is 0 Å². The third-order valence-corrected chi connectivity index (χ3v) is 2.56. The third kappa shape index (κ3) is 3.16. The van der Waals surface area contributed by atoms with Crippen molar-refractivity contribution in [2.75, 3.05) is 5.32 Å². The highest BCUT2D eigenvalue weighted by atomic mass is 19.2. The normalized spacial score (nSPS) is 10.2. The summed E-state index contributed by atoms with van der Waals surface area (Å²) in [7, 11) is 0. The van der Waals surface area contributed by atoms with E-state index in [1.165, 1.54) is 12.1 Å². The molecule has 1 amide bonds. The summed E-state index contributed by atoms with van der Waals surface area (Å²) in [6.07, 6.45) is 0. The summed E-state index contributed by atoms with van der Waals surface area (Å²) >= 11 is 0. The first kappa shape index (κ1) is 14.5. The first-order chi connectivity index (χ1) is 9.88. The molecule has 0 heterocycles. The SMILES string of the molecule is O=C(Nc1cccc(F)c1)c1cc(F)c(F)cc1[N+](=O)[O-]. The number of nitro benzene ring substituents is 1. The molecule has 5 nitrogen and oxygen atoms in total. The first-order valence-corrected chi connectivity index (χ1v) is 5.59. The third-order valence-electron chi connectivity index (χ3n) is 2.56. The van der Waals surface area contributed by atoms with Crippen molar-refractivity contribution in [3.05, 3.63) is 69.5 Å². The van der Waals surface area contributed by atoms with Gasteiger partial charge < -0.3 is 5.32 Å². The van der Waals surface area contributed by atoms with Gasteiger partial charge in [0.15, 0.2) is 11.6 Å². The molecule has 0 fully saturated rings. The highest BCUT2D eigenvalue weighted by Gasteiger charge is 2.24. The van der Waals surface area contributed by atoms with Crippen LogP contribution in [-0.4, -0.2) is 10.8 Å². The zero-order valence-corrected chi connectivity index (χ0v) is 10.3. The fourth-order valence-corrected chi connectivity index (χ4v) is 1.63. The standard InChI is InChI=1S/C13H7F3N2O3/c14-7-2-1-3-8(4-7)17-13(19)9-5-10(15)11(16)6-12(9)18(20)21/h1-6H,(H,17,19). The highest BCUT2D eigenvalue weighted by Crippen LogP contribution is 2.23. The fraction of sp³-hybridized carbons (Fsp3) is 0. The lowest BCUT2D eigenvalue weighted by Gasteiger charge is -2.06. The number of rotatable bonds is 3. The number of hydrogen-bond donors (Lipinski definition) is 1. The van der Waals surface area contributed by atoms with Crippen LogP contribution in [0, 0.1) is 27.6 Å². The molecule has 0 aromatic heterocycles. The molecule has 0 bridgehead atoms. The summed E-state index contributed by atoms with van der Waals surface area (Å²) in [6, 6.07) is 5.49. The zero-order chi connectivity index (χ0) is 15.6. The van der Waals surface area contributed by atoms with E-state index in [-0.39, 0.29) is 5.69 Å². The number of benzene rings is 2. The van der Waals surface area contributed by atoms with Crippen LogP contribution in [0.25, 0.3) is 0 Å². The lowest BCUT2D eigenvalue weighted by atomic mass is 10.1. The summed E-state index contributed by atoms with van der Waals surface area (Å²) in [4.78, 5) is 21.6. The van der Waals surface area contributed by atoms with Gasteiger partial charge in [0.25, 0.3) is 11.6 Å². The summed E-state index contributed by atoms with van der Waals surface area (Å²) in [5, 5.41) is 12.9. The van der Waals surface area contributed by atoms with Gasteiger partial charge in [0.1, 0.15) is 11.4 Å². The van der Waals surface area contributed by atoms with E-state index in [0.29, 0.717) is 12.1 Å². The van der Waals surface area contributed by atoms with Crippen LogP contribution in [0.2, 0.25) is 0 Å². The number of nitrogens with one attached hydrogen (secondary N) is 1. The number of hydrogen-bond acceptors (Lipinski definition) is 3. The van der Waals surface area contributed by atoms with E-state index < -0.39 is 39.5 Å². The van der Waals surface area contributed by atoms with Crippen molar-refractivity contribution < 1.29 is 22.9 Å². The number of nitro groups is 1. The van der Waals surface area contributed by atoms with Crippen molar-refractivity contribution in [3.63, 3.8) is 0 Å². The molecule has 8 heteroatoms. The Kier molecular flexibility index (Phi) is 3.88. The molecule has 2 aromatic rings. The van der Waals surface area contributed by atoms with Crippen LogP contribution in [0.3, 0.4) is 0 Å². The second-order valence-corrected chi connectivity index (χ2v) is 4.01. The number of carbonyl (C=O) groups is 1. The summed E-state index contributed by atoms with van der Waals surface area (Å²) in [5.74, 6) is -4.52. The molecule has 0 saturated heterocycles. The van der Waals surface area contributed by atoms with Gasteiger partial charge in [-0.05, 0) is 24.3 Å². The number of carbonyl (C=O) groups excluding carboxylic acids is 1. The van der Waals surface area contributed by atoms with Crippen LogP contribution in [-0.2, 0) is 0 Å². The Morgan fingerprint density at radius 3 is 2.38 bits per heavy atom. The molecule has 0 saturated carbocycles. The smallest absolute Gasteiger partial charge is 0.285 e. The second kappa shape index (κ2) is 5.61. The lowest BCUT2D eigenvalue weighted by Crippen LogP contribution is -2.15. The average molecular weight is 296 g/mol. The molecule has 1 N–H and O–H groups in total. The van der Waals surface area contributed by atoms with Crippen LogP contribution in [0.15, 0.2) is 36.4 Å². The van der Waals surface area contributed by atoms with Crippen molar-refractivity contribution in [3.8, 4) is 0 Å². The molecule has 0 aliphatic carbocycles. The van der Waals surface area contributed by atoms with Gasteiger partial charge in [0.05, 0.1) is 11.0 Å². The predicted molar refractivity (Wildman–Crippen MR) is 67.4 cm³/mol. The van der Waals surface area contributed by atoms with Crippen LogP contribution in [0.5, 0.6) is 0 Å². The molecule has 0 aliphatic heterocycles. The number of halogens is 3. The second-order valence-electron chi connectivity index (χ2n) is 4.01. The van der Waals surface area contributed by atoms with E-state index in [1.807, 2.05) is 0 Å². The number of nitrogens with zero attached hydrogens (tertiary/aromatic N) is 1. The highest BCUT2D eigenvalue weighted by molar-refractivity contribution is 6.07. The van der Waals surface area contributed by atoms with Crippen molar-refractivity contribution in [2.45, 2.75) is 0 Å². The number of amides is 1. The average Bonchev–Trinajstić information content (AvgIpc) is 2.41. The van der Waals surface area contributed by atoms with Crippen LogP contribution >= 0.6 is 0 Å². The van der Waals surface area contributed by atoms with Gasteiger partial charge >= 0.3 is 0 Å². The van der Waals surface area contributed by atoms with Gasteiger partial charge in [-0.3, -0.25) is 14.9 Å². The summed E-state index contributed by atoms with van der Waals surface area (Å²) in [5.41, 5.74) is -1.52. The maximum atomic E-state index is 13.1.